The maximum Gasteiger partial charge on any atom is 0.269 e. The van der Waals surface area contributed by atoms with Crippen LogP contribution in [0.5, 0.6) is 0 Å². The quantitative estimate of drug-likeness (QED) is 0.410. The minimum Gasteiger partial charge on any atom is -0.390 e. The molecule has 4 rings (SSSR count). The third kappa shape index (κ3) is 5.51. The van der Waals surface area contributed by atoms with E-state index in [9.17, 15) is 24.6 Å². The molecule has 1 saturated carbocycles. The Labute approximate surface area is 218 Å². The third-order valence-corrected chi connectivity index (χ3v) is 8.48. The first kappa shape index (κ1) is 27.5. The predicted molar refractivity (Wildman–Crippen MR) is 137 cm³/mol. The van der Waals surface area contributed by atoms with E-state index in [2.05, 4.69) is 22.5 Å². The highest BCUT2D eigenvalue weighted by atomic mass is 16.3. The number of nitrogens with one attached hydrogen (secondary N) is 2. The highest BCUT2D eigenvalue weighted by Gasteiger charge is 2.55. The molecule has 1 aromatic heterocycles. The number of aliphatic hydroxyl groups excluding tert-OH is 2. The van der Waals surface area contributed by atoms with E-state index in [1.165, 1.54) is 13.2 Å². The SMILES string of the molecule is CCCCN1C(=O)[C@@H]([C@H](O)C2CCCCC2)NC(=O)C12CCN(C(O)c1ccc(C(=O)NC)nc1)CC2. The van der Waals surface area contributed by atoms with Gasteiger partial charge in [0.2, 0.25) is 11.8 Å². The molecular formula is C27H41N5O5. The number of likely N-dealkylation sites (tertiary alicyclic amines) is 1. The molecule has 3 aliphatic rings. The van der Waals surface area contributed by atoms with Gasteiger partial charge in [0.05, 0.1) is 6.10 Å². The first-order chi connectivity index (χ1) is 17.8. The number of amides is 3. The molecule has 10 heteroatoms. The molecule has 1 spiro atoms. The van der Waals surface area contributed by atoms with Crippen molar-refractivity contribution in [2.24, 2.45) is 5.92 Å². The van der Waals surface area contributed by atoms with Crippen molar-refractivity contribution in [3.8, 4) is 0 Å². The van der Waals surface area contributed by atoms with E-state index in [1.807, 2.05) is 4.90 Å². The second-order valence-corrected chi connectivity index (χ2v) is 10.7. The van der Waals surface area contributed by atoms with Crippen LogP contribution in [0.15, 0.2) is 18.3 Å². The van der Waals surface area contributed by atoms with Gasteiger partial charge in [-0.1, -0.05) is 38.7 Å². The van der Waals surface area contributed by atoms with E-state index in [0.717, 1.165) is 44.9 Å². The molecule has 3 atom stereocenters. The highest BCUT2D eigenvalue weighted by Crippen LogP contribution is 2.37. The van der Waals surface area contributed by atoms with Gasteiger partial charge in [0.1, 0.15) is 23.5 Å². The number of aromatic nitrogens is 1. The van der Waals surface area contributed by atoms with Gasteiger partial charge < -0.3 is 25.7 Å². The summed E-state index contributed by atoms with van der Waals surface area (Å²) >= 11 is 0. The van der Waals surface area contributed by atoms with Gasteiger partial charge in [0.25, 0.3) is 5.91 Å². The van der Waals surface area contributed by atoms with Crippen molar-refractivity contribution in [1.29, 1.82) is 0 Å². The highest BCUT2D eigenvalue weighted by molar-refractivity contribution is 6.00. The fourth-order valence-electron chi connectivity index (χ4n) is 6.13. The van der Waals surface area contributed by atoms with Crippen LogP contribution in [-0.2, 0) is 9.59 Å². The van der Waals surface area contributed by atoms with Gasteiger partial charge in [0, 0.05) is 38.4 Å². The normalized spacial score (nSPS) is 24.5. The molecule has 10 nitrogen and oxygen atoms in total. The minimum atomic E-state index is -0.980. The largest absolute Gasteiger partial charge is 0.390 e. The molecular weight excluding hydrogens is 474 g/mol. The van der Waals surface area contributed by atoms with Crippen LogP contribution in [0.1, 0.15) is 87.0 Å². The van der Waals surface area contributed by atoms with E-state index in [0.29, 0.717) is 38.0 Å². The van der Waals surface area contributed by atoms with Crippen LogP contribution in [-0.4, -0.2) is 87.1 Å². The summed E-state index contributed by atoms with van der Waals surface area (Å²) in [5.41, 5.74) is -0.150. The summed E-state index contributed by atoms with van der Waals surface area (Å²) in [7, 11) is 1.53. The van der Waals surface area contributed by atoms with E-state index in [1.54, 1.807) is 17.0 Å². The lowest BCUT2D eigenvalue weighted by Gasteiger charge is -2.53. The molecule has 1 aromatic rings. The summed E-state index contributed by atoms with van der Waals surface area (Å²) in [5.74, 6) is -0.651. The maximum absolute atomic E-state index is 13.7. The van der Waals surface area contributed by atoms with Crippen molar-refractivity contribution in [3.63, 3.8) is 0 Å². The zero-order chi connectivity index (χ0) is 26.6. The molecule has 3 amide bonds. The van der Waals surface area contributed by atoms with Gasteiger partial charge in [-0.2, -0.15) is 0 Å². The summed E-state index contributed by atoms with van der Waals surface area (Å²) in [5, 5.41) is 27.5. The van der Waals surface area contributed by atoms with Crippen LogP contribution in [0.25, 0.3) is 0 Å². The number of hydrogen-bond acceptors (Lipinski definition) is 7. The Kier molecular flexibility index (Phi) is 8.82. The molecule has 3 fully saturated rings. The van der Waals surface area contributed by atoms with E-state index in [-0.39, 0.29) is 29.3 Å². The number of piperidine rings is 1. The summed E-state index contributed by atoms with van der Waals surface area (Å²) in [6, 6.07) is 2.35. The first-order valence-electron chi connectivity index (χ1n) is 13.7. The number of aliphatic hydroxyl groups is 2. The van der Waals surface area contributed by atoms with Crippen LogP contribution in [0.2, 0.25) is 0 Å². The molecule has 1 unspecified atom stereocenters. The van der Waals surface area contributed by atoms with Crippen LogP contribution < -0.4 is 10.6 Å². The van der Waals surface area contributed by atoms with Gasteiger partial charge >= 0.3 is 0 Å². The molecule has 0 aromatic carbocycles. The lowest BCUT2D eigenvalue weighted by atomic mass is 9.77. The van der Waals surface area contributed by atoms with E-state index < -0.39 is 23.9 Å². The van der Waals surface area contributed by atoms with Gasteiger partial charge in [-0.3, -0.25) is 24.3 Å². The zero-order valence-electron chi connectivity index (χ0n) is 22.0. The van der Waals surface area contributed by atoms with Gasteiger partial charge in [0.15, 0.2) is 0 Å². The molecule has 0 bridgehead atoms. The molecule has 2 aliphatic heterocycles. The van der Waals surface area contributed by atoms with Crippen molar-refractivity contribution in [1.82, 2.24) is 25.4 Å². The summed E-state index contributed by atoms with van der Waals surface area (Å²) in [6.45, 7) is 3.36. The number of carbonyl (C=O) groups excluding carboxylic acids is 3. The predicted octanol–water partition coefficient (Wildman–Crippen LogP) is 1.34. The lowest BCUT2D eigenvalue weighted by molar-refractivity contribution is -0.167. The van der Waals surface area contributed by atoms with Crippen molar-refractivity contribution in [3.05, 3.63) is 29.6 Å². The third-order valence-electron chi connectivity index (χ3n) is 8.48. The topological polar surface area (TPSA) is 135 Å². The monoisotopic (exact) mass is 515 g/mol. The molecule has 2 saturated heterocycles. The number of nitrogens with zero attached hydrogens (tertiary/aromatic N) is 3. The van der Waals surface area contributed by atoms with Crippen LogP contribution in [0, 0.1) is 5.92 Å². The fraction of sp³-hybridized carbons (Fsp3) is 0.704. The van der Waals surface area contributed by atoms with E-state index >= 15 is 0 Å². The minimum absolute atomic E-state index is 0.0328. The Hall–Kier alpha value is -2.56. The second-order valence-electron chi connectivity index (χ2n) is 10.7. The zero-order valence-corrected chi connectivity index (χ0v) is 22.0. The number of pyridine rings is 1. The smallest absolute Gasteiger partial charge is 0.269 e. The maximum atomic E-state index is 13.7. The summed E-state index contributed by atoms with van der Waals surface area (Å²) in [4.78, 5) is 46.8. The number of carbonyl (C=O) groups is 3. The average Bonchev–Trinajstić information content (AvgIpc) is 2.94. The van der Waals surface area contributed by atoms with Crippen molar-refractivity contribution in [2.75, 3.05) is 26.7 Å². The molecule has 0 radical (unpaired) electrons. The number of piperazine rings is 1. The van der Waals surface area contributed by atoms with Crippen molar-refractivity contribution < 1.29 is 24.6 Å². The Morgan fingerprint density at radius 1 is 1.19 bits per heavy atom. The van der Waals surface area contributed by atoms with Gasteiger partial charge in [-0.05, 0) is 44.1 Å². The Morgan fingerprint density at radius 3 is 2.49 bits per heavy atom. The van der Waals surface area contributed by atoms with Crippen LogP contribution >= 0.6 is 0 Å². The molecule has 4 N–H and O–H groups in total. The summed E-state index contributed by atoms with van der Waals surface area (Å²) in [6.07, 6.45) is 7.13. The molecule has 1 aliphatic carbocycles. The standard InChI is InChI=1S/C27H41N5O5/c1-3-4-14-32-25(36)21(22(33)18-8-6-5-7-9-18)30-26(37)27(32)12-15-31(16-13-27)24(35)19-10-11-20(29-17-19)23(34)28-2/h10-11,17-18,21-22,24,33,35H,3-9,12-16H2,1-2H3,(H,28,34)(H,30,37)/t21-,22-,24?/m1/s1. The van der Waals surface area contributed by atoms with Crippen molar-refractivity contribution >= 4 is 17.7 Å². The Morgan fingerprint density at radius 2 is 1.89 bits per heavy atom. The fourth-order valence-corrected chi connectivity index (χ4v) is 6.13. The van der Waals surface area contributed by atoms with Crippen LogP contribution in [0.3, 0.4) is 0 Å². The van der Waals surface area contributed by atoms with Crippen molar-refractivity contribution in [2.45, 2.75) is 88.6 Å². The van der Waals surface area contributed by atoms with Gasteiger partial charge in [-0.25, -0.2) is 0 Å². The van der Waals surface area contributed by atoms with Crippen LogP contribution in [0.4, 0.5) is 0 Å². The van der Waals surface area contributed by atoms with Gasteiger partial charge in [-0.15, -0.1) is 0 Å². The second kappa shape index (κ2) is 11.9. The number of hydrogen-bond donors (Lipinski definition) is 4. The summed E-state index contributed by atoms with van der Waals surface area (Å²) < 4.78 is 0. The average molecular weight is 516 g/mol. The Bertz CT molecular complexity index is 956. The first-order valence-corrected chi connectivity index (χ1v) is 13.7. The molecule has 37 heavy (non-hydrogen) atoms. The Balaban J connectivity index is 1.47. The number of rotatable bonds is 8. The lowest BCUT2D eigenvalue weighted by Crippen LogP contribution is -2.75. The molecule has 3 heterocycles. The van der Waals surface area contributed by atoms with E-state index in [4.69, 9.17) is 0 Å². The molecule has 204 valence electrons. The number of unbranched alkanes of at least 4 members (excludes halogenated alkanes) is 1.